The molecule has 0 radical (unpaired) electrons. The van der Waals surface area contributed by atoms with Crippen LogP contribution in [0, 0.1) is 0 Å². The standard InChI is InChI=1S/C23H27N4O11P/c1-13(28)25-16-8-7-15(37-22(16)36-14-5-3-2-4-6-14)11-34-39(32,33)35-12-17-19(29)20(30)21(38-17)27-10-9-18(24)26-23(27)31/h2-11,16-17,19-22,29-30H,12H2,1H3,(H,25,28)(H,32,33)(H2,24,26,31)/t16-,17-,19+,20?,21-,22?/m1/s1. The zero-order chi connectivity index (χ0) is 28.2. The molecular weight excluding hydrogens is 539 g/mol. The molecule has 6 N–H and O–H groups in total. The van der Waals surface area contributed by atoms with E-state index in [2.05, 4.69) is 10.3 Å². The molecular formula is C23H27N4O11P. The van der Waals surface area contributed by atoms with Crippen LogP contribution >= 0.6 is 7.82 Å². The lowest BCUT2D eigenvalue weighted by Gasteiger charge is -2.30. The van der Waals surface area contributed by atoms with E-state index in [-0.39, 0.29) is 17.5 Å². The fourth-order valence-corrected chi connectivity index (χ4v) is 4.35. The van der Waals surface area contributed by atoms with Crippen LogP contribution in [0.15, 0.2) is 71.6 Å². The van der Waals surface area contributed by atoms with Crippen LogP contribution in [0.4, 0.5) is 5.82 Å². The number of nitrogens with one attached hydrogen (secondary N) is 1. The fraction of sp³-hybridized carbons (Fsp3) is 0.348. The molecule has 3 heterocycles. The Morgan fingerprint density at radius 2 is 2.00 bits per heavy atom. The van der Waals surface area contributed by atoms with E-state index in [0.29, 0.717) is 5.75 Å². The summed E-state index contributed by atoms with van der Waals surface area (Å²) >= 11 is 0. The Morgan fingerprint density at radius 3 is 2.69 bits per heavy atom. The van der Waals surface area contributed by atoms with Crippen LogP contribution in [-0.4, -0.2) is 67.8 Å². The first-order valence-corrected chi connectivity index (χ1v) is 13.1. The number of hydrogen-bond acceptors (Lipinski definition) is 12. The molecule has 15 nitrogen and oxygen atoms in total. The SMILES string of the molecule is CC(=O)N[C@@H]1C=CC(=COP(=O)(O)OC[C@H]2O[C@@H](n3ccc(N)nc3=O)C(O)[C@H]2O)OC1Oc1ccccc1. The van der Waals surface area contributed by atoms with Crippen LogP contribution in [0.2, 0.25) is 0 Å². The van der Waals surface area contributed by atoms with Gasteiger partial charge in [-0.1, -0.05) is 24.3 Å². The molecule has 0 bridgehead atoms. The monoisotopic (exact) mass is 566 g/mol. The first-order chi connectivity index (χ1) is 18.5. The minimum Gasteiger partial charge on any atom is -0.452 e. The molecule has 2 aromatic rings. The minimum atomic E-state index is -4.76. The zero-order valence-electron chi connectivity index (χ0n) is 20.5. The third-order valence-electron chi connectivity index (χ3n) is 5.55. The number of phosphoric acid groups is 1. The third-order valence-corrected chi connectivity index (χ3v) is 6.39. The van der Waals surface area contributed by atoms with Gasteiger partial charge in [-0.3, -0.25) is 18.8 Å². The Labute approximate surface area is 221 Å². The number of rotatable bonds is 9. The van der Waals surface area contributed by atoms with Gasteiger partial charge < -0.3 is 40.0 Å². The number of aromatic nitrogens is 2. The normalized spacial score (nSPS) is 28.9. The lowest BCUT2D eigenvalue weighted by atomic mass is 10.1. The van der Waals surface area contributed by atoms with Crippen molar-refractivity contribution in [3.63, 3.8) is 0 Å². The quantitative estimate of drug-likeness (QED) is 0.199. The Balaban J connectivity index is 1.37. The van der Waals surface area contributed by atoms with E-state index in [1.165, 1.54) is 25.3 Å². The van der Waals surface area contributed by atoms with Gasteiger partial charge in [0.1, 0.15) is 42.2 Å². The van der Waals surface area contributed by atoms with Crippen LogP contribution in [0.5, 0.6) is 5.75 Å². The van der Waals surface area contributed by atoms with Crippen molar-refractivity contribution in [3.05, 3.63) is 77.3 Å². The molecule has 7 atom stereocenters. The number of nitrogens with zero attached hydrogens (tertiary/aromatic N) is 2. The molecule has 1 fully saturated rings. The van der Waals surface area contributed by atoms with Gasteiger partial charge >= 0.3 is 13.5 Å². The molecule has 16 heteroatoms. The van der Waals surface area contributed by atoms with Crippen molar-refractivity contribution >= 4 is 19.5 Å². The van der Waals surface area contributed by atoms with Gasteiger partial charge in [-0.25, -0.2) is 9.36 Å². The highest BCUT2D eigenvalue weighted by Gasteiger charge is 2.45. The maximum atomic E-state index is 12.4. The summed E-state index contributed by atoms with van der Waals surface area (Å²) in [5.41, 5.74) is 4.62. The number of benzene rings is 1. The zero-order valence-corrected chi connectivity index (χ0v) is 21.4. The van der Waals surface area contributed by atoms with Crippen LogP contribution < -0.4 is 21.5 Å². The summed E-state index contributed by atoms with van der Waals surface area (Å²) in [6.07, 6.45) is -1.79. The van der Waals surface area contributed by atoms with Crippen molar-refractivity contribution in [3.8, 4) is 5.75 Å². The molecule has 39 heavy (non-hydrogen) atoms. The first kappa shape index (κ1) is 28.3. The van der Waals surface area contributed by atoms with Crippen molar-refractivity contribution in [2.45, 2.75) is 43.8 Å². The molecule has 0 aliphatic carbocycles. The molecule has 4 rings (SSSR count). The Hall–Kier alpha value is -3.72. The molecule has 3 unspecified atom stereocenters. The maximum Gasteiger partial charge on any atom is 0.527 e. The molecule has 0 saturated carbocycles. The van der Waals surface area contributed by atoms with Gasteiger partial charge in [-0.15, -0.1) is 0 Å². The predicted octanol–water partition coefficient (Wildman–Crippen LogP) is -0.0841. The average molecular weight is 566 g/mol. The van der Waals surface area contributed by atoms with Crippen molar-refractivity contribution < 1.29 is 47.7 Å². The molecule has 2 aliphatic heterocycles. The lowest BCUT2D eigenvalue weighted by Crippen LogP contribution is -2.46. The van der Waals surface area contributed by atoms with Gasteiger partial charge in [0.2, 0.25) is 5.91 Å². The second-order valence-corrected chi connectivity index (χ2v) is 9.89. The van der Waals surface area contributed by atoms with E-state index in [1.54, 1.807) is 36.4 Å². The fourth-order valence-electron chi connectivity index (χ4n) is 3.72. The van der Waals surface area contributed by atoms with E-state index in [0.717, 1.165) is 10.8 Å². The van der Waals surface area contributed by atoms with Crippen molar-refractivity contribution in [2.75, 3.05) is 12.3 Å². The molecule has 1 aromatic heterocycles. The van der Waals surface area contributed by atoms with Gasteiger partial charge in [-0.2, -0.15) is 4.98 Å². The number of nitrogen functional groups attached to an aromatic ring is 1. The summed E-state index contributed by atoms with van der Waals surface area (Å²) in [7, 11) is -4.76. The molecule has 2 aliphatic rings. The Kier molecular flexibility index (Phi) is 8.70. The van der Waals surface area contributed by atoms with E-state index in [9.17, 15) is 29.3 Å². The van der Waals surface area contributed by atoms with Gasteiger partial charge in [0.25, 0.3) is 6.29 Å². The van der Waals surface area contributed by atoms with Crippen LogP contribution in [0.3, 0.4) is 0 Å². The second kappa shape index (κ2) is 12.0. The van der Waals surface area contributed by atoms with Gasteiger partial charge in [0.05, 0.1) is 6.61 Å². The van der Waals surface area contributed by atoms with Crippen molar-refractivity contribution in [2.24, 2.45) is 0 Å². The highest BCUT2D eigenvalue weighted by Crippen LogP contribution is 2.45. The summed E-state index contributed by atoms with van der Waals surface area (Å²) < 4.78 is 40.1. The molecule has 1 saturated heterocycles. The lowest BCUT2D eigenvalue weighted by molar-refractivity contribution is -0.123. The van der Waals surface area contributed by atoms with Crippen molar-refractivity contribution in [1.29, 1.82) is 0 Å². The molecule has 1 aromatic carbocycles. The van der Waals surface area contributed by atoms with Gasteiger partial charge in [0.15, 0.2) is 12.0 Å². The number of ether oxygens (including phenoxy) is 3. The summed E-state index contributed by atoms with van der Waals surface area (Å²) in [5, 5.41) is 23.3. The number of phosphoric ester groups is 1. The number of carbonyl (C=O) groups is 1. The highest BCUT2D eigenvalue weighted by atomic mass is 31.2. The molecule has 210 valence electrons. The number of aliphatic hydroxyl groups excluding tert-OH is 2. The summed E-state index contributed by atoms with van der Waals surface area (Å²) in [5.74, 6) is 0.0700. The summed E-state index contributed by atoms with van der Waals surface area (Å²) in [4.78, 5) is 37.2. The third kappa shape index (κ3) is 7.23. The topological polar surface area (TPSA) is 214 Å². The number of nitrogens with two attached hydrogens (primary N) is 1. The second-order valence-electron chi connectivity index (χ2n) is 8.48. The van der Waals surface area contributed by atoms with E-state index >= 15 is 0 Å². The number of hydrogen-bond donors (Lipinski definition) is 5. The number of allylic oxidation sites excluding steroid dienone is 1. The average Bonchev–Trinajstić information content (AvgIpc) is 3.16. The number of aliphatic hydroxyl groups is 2. The Bertz CT molecular complexity index is 1330. The van der Waals surface area contributed by atoms with E-state index in [4.69, 9.17) is 29.0 Å². The van der Waals surface area contributed by atoms with Crippen LogP contribution in [-0.2, 0) is 27.9 Å². The van der Waals surface area contributed by atoms with E-state index in [1.807, 2.05) is 0 Å². The smallest absolute Gasteiger partial charge is 0.452 e. The molecule has 0 spiro atoms. The van der Waals surface area contributed by atoms with Crippen LogP contribution in [0.25, 0.3) is 0 Å². The van der Waals surface area contributed by atoms with Crippen molar-refractivity contribution in [1.82, 2.24) is 14.9 Å². The highest BCUT2D eigenvalue weighted by molar-refractivity contribution is 7.47. The number of anilines is 1. The maximum absolute atomic E-state index is 12.4. The minimum absolute atomic E-state index is 0.0155. The number of carbonyl (C=O) groups excluding carboxylic acids is 1. The number of para-hydroxylation sites is 1. The first-order valence-electron chi connectivity index (χ1n) is 11.6. The largest absolute Gasteiger partial charge is 0.527 e. The van der Waals surface area contributed by atoms with Crippen LogP contribution in [0.1, 0.15) is 13.2 Å². The van der Waals surface area contributed by atoms with E-state index < -0.39 is 57.0 Å². The van der Waals surface area contributed by atoms with Gasteiger partial charge in [-0.05, 0) is 24.3 Å². The summed E-state index contributed by atoms with van der Waals surface area (Å²) in [6.45, 7) is 0.655. The summed E-state index contributed by atoms with van der Waals surface area (Å²) in [6, 6.07) is 9.29. The predicted molar refractivity (Wildman–Crippen MR) is 132 cm³/mol. The Morgan fingerprint density at radius 1 is 1.26 bits per heavy atom. The number of amides is 1. The van der Waals surface area contributed by atoms with Gasteiger partial charge in [0, 0.05) is 13.1 Å². The molecule has 1 amide bonds.